The molecule has 9 heteroatoms. The minimum absolute atomic E-state index is 0.0374. The van der Waals surface area contributed by atoms with Gasteiger partial charge in [0.1, 0.15) is 5.15 Å². The zero-order chi connectivity index (χ0) is 12.5. The summed E-state index contributed by atoms with van der Waals surface area (Å²) in [4.78, 5) is 7.41. The molecule has 0 fully saturated rings. The lowest BCUT2D eigenvalue weighted by Gasteiger charge is -2.05. The summed E-state index contributed by atoms with van der Waals surface area (Å²) >= 11 is 12.1. The predicted octanol–water partition coefficient (Wildman–Crippen LogP) is 2.65. The second-order valence-electron chi connectivity index (χ2n) is 2.90. The number of nitrogens with zero attached hydrogens (tertiary/aromatic N) is 2. The summed E-state index contributed by atoms with van der Waals surface area (Å²) in [5, 5.41) is 0.201. The number of pyridine rings is 1. The van der Waals surface area contributed by atoms with Crippen molar-refractivity contribution in [3.05, 3.63) is 34.1 Å². The van der Waals surface area contributed by atoms with Gasteiger partial charge in [-0.2, -0.15) is 0 Å². The molecule has 5 nitrogen and oxygen atoms in total. The quantitative estimate of drug-likeness (QED) is 0.885. The molecule has 0 radical (unpaired) electrons. The fraction of sp³-hybridized carbons (Fsp3) is 0. The SMILES string of the molecule is O=S(=O)(Nc1ccnc(Cl)c1)c1cnc(Cl)s1. The molecule has 0 aromatic carbocycles. The summed E-state index contributed by atoms with van der Waals surface area (Å²) in [6.45, 7) is 0. The predicted molar refractivity (Wildman–Crippen MR) is 67.2 cm³/mol. The summed E-state index contributed by atoms with van der Waals surface area (Å²) in [6.07, 6.45) is 2.60. The highest BCUT2D eigenvalue weighted by Gasteiger charge is 2.17. The van der Waals surface area contributed by atoms with Crippen molar-refractivity contribution in [2.75, 3.05) is 4.72 Å². The van der Waals surface area contributed by atoms with Crippen LogP contribution < -0.4 is 4.72 Å². The van der Waals surface area contributed by atoms with E-state index in [-0.39, 0.29) is 13.8 Å². The molecule has 2 heterocycles. The van der Waals surface area contributed by atoms with Crippen LogP contribution >= 0.6 is 34.5 Å². The van der Waals surface area contributed by atoms with Crippen LogP contribution in [0.1, 0.15) is 0 Å². The highest BCUT2D eigenvalue weighted by atomic mass is 35.5. The van der Waals surface area contributed by atoms with E-state index in [0.29, 0.717) is 5.69 Å². The van der Waals surface area contributed by atoms with E-state index >= 15 is 0 Å². The van der Waals surface area contributed by atoms with Gasteiger partial charge in [0.2, 0.25) is 0 Å². The normalized spacial score (nSPS) is 11.4. The van der Waals surface area contributed by atoms with Crippen LogP contribution in [-0.4, -0.2) is 18.4 Å². The number of hydrogen-bond donors (Lipinski definition) is 1. The standard InChI is InChI=1S/C8H5Cl2N3O2S2/c9-6-3-5(1-2-11-6)13-17(14,15)7-4-12-8(10)16-7/h1-4H,(H,11,13). The third-order valence-electron chi connectivity index (χ3n) is 1.70. The molecule has 0 saturated carbocycles. The van der Waals surface area contributed by atoms with E-state index in [4.69, 9.17) is 23.2 Å². The molecule has 0 atom stereocenters. The molecule has 0 amide bonds. The number of halogens is 2. The van der Waals surface area contributed by atoms with Gasteiger partial charge in [-0.3, -0.25) is 4.72 Å². The zero-order valence-corrected chi connectivity index (χ0v) is 11.2. The van der Waals surface area contributed by atoms with E-state index in [1.807, 2.05) is 0 Å². The number of hydrogen-bond acceptors (Lipinski definition) is 5. The summed E-state index contributed by atoms with van der Waals surface area (Å²) in [6, 6.07) is 2.90. The van der Waals surface area contributed by atoms with Gasteiger partial charge in [0.05, 0.1) is 11.9 Å². The molecule has 0 aliphatic rings. The first-order chi connectivity index (χ1) is 7.97. The molecule has 0 saturated heterocycles. The summed E-state index contributed by atoms with van der Waals surface area (Å²) < 4.78 is 26.3. The molecule has 2 rings (SSSR count). The average Bonchev–Trinajstić information content (AvgIpc) is 2.65. The Bertz CT molecular complexity index is 642. The van der Waals surface area contributed by atoms with E-state index in [1.165, 1.54) is 24.5 Å². The molecular formula is C8H5Cl2N3O2S2. The summed E-state index contributed by atoms with van der Waals surface area (Å²) in [5.74, 6) is 0. The van der Waals surface area contributed by atoms with Gasteiger partial charge in [-0.1, -0.05) is 34.5 Å². The smallest absolute Gasteiger partial charge is 0.273 e. The zero-order valence-electron chi connectivity index (χ0n) is 8.09. The van der Waals surface area contributed by atoms with Crippen molar-refractivity contribution in [1.82, 2.24) is 9.97 Å². The molecule has 0 aliphatic heterocycles. The van der Waals surface area contributed by atoms with E-state index < -0.39 is 10.0 Å². The van der Waals surface area contributed by atoms with Gasteiger partial charge in [-0.25, -0.2) is 18.4 Å². The molecular weight excluding hydrogens is 305 g/mol. The fourth-order valence-corrected chi connectivity index (χ4v) is 3.55. The molecule has 0 spiro atoms. The van der Waals surface area contributed by atoms with Gasteiger partial charge in [0.15, 0.2) is 8.68 Å². The highest BCUT2D eigenvalue weighted by Crippen LogP contribution is 2.24. The Morgan fingerprint density at radius 3 is 2.65 bits per heavy atom. The van der Waals surface area contributed by atoms with Crippen molar-refractivity contribution >= 4 is 50.2 Å². The third kappa shape index (κ3) is 3.06. The Balaban J connectivity index is 2.29. The Kier molecular flexibility index (Phi) is 3.53. The Labute approximate surface area is 111 Å². The van der Waals surface area contributed by atoms with Crippen LogP contribution in [0.3, 0.4) is 0 Å². The number of aromatic nitrogens is 2. The summed E-state index contributed by atoms with van der Waals surface area (Å²) in [5.41, 5.74) is 0.328. The van der Waals surface area contributed by atoms with Crippen LogP contribution in [0.4, 0.5) is 5.69 Å². The van der Waals surface area contributed by atoms with Crippen LogP contribution in [0, 0.1) is 0 Å². The number of thiazole rings is 1. The van der Waals surface area contributed by atoms with Crippen molar-refractivity contribution in [1.29, 1.82) is 0 Å². The van der Waals surface area contributed by atoms with Crippen molar-refractivity contribution in [3.63, 3.8) is 0 Å². The van der Waals surface area contributed by atoms with Gasteiger partial charge in [-0.05, 0) is 12.1 Å². The maximum Gasteiger partial charge on any atom is 0.273 e. The topological polar surface area (TPSA) is 72.0 Å². The average molecular weight is 310 g/mol. The van der Waals surface area contributed by atoms with Crippen LogP contribution in [-0.2, 0) is 10.0 Å². The molecule has 90 valence electrons. The van der Waals surface area contributed by atoms with Gasteiger partial charge in [-0.15, -0.1) is 0 Å². The highest BCUT2D eigenvalue weighted by molar-refractivity contribution is 7.94. The van der Waals surface area contributed by atoms with Crippen molar-refractivity contribution in [2.45, 2.75) is 4.21 Å². The largest absolute Gasteiger partial charge is 0.279 e. The molecule has 1 N–H and O–H groups in total. The van der Waals surface area contributed by atoms with Crippen LogP contribution in [0.15, 0.2) is 28.7 Å². The molecule has 2 aromatic rings. The van der Waals surface area contributed by atoms with Gasteiger partial charge >= 0.3 is 0 Å². The molecule has 0 bridgehead atoms. The number of rotatable bonds is 3. The number of nitrogens with one attached hydrogen (secondary N) is 1. The van der Waals surface area contributed by atoms with Crippen molar-refractivity contribution in [2.24, 2.45) is 0 Å². The maximum atomic E-state index is 11.9. The first kappa shape index (κ1) is 12.6. The number of anilines is 1. The number of sulfonamides is 1. The molecule has 2 aromatic heterocycles. The maximum absolute atomic E-state index is 11.9. The lowest BCUT2D eigenvalue weighted by Crippen LogP contribution is -2.11. The Morgan fingerprint density at radius 1 is 1.29 bits per heavy atom. The molecule has 0 unspecified atom stereocenters. The van der Waals surface area contributed by atoms with Crippen molar-refractivity contribution < 1.29 is 8.42 Å². The van der Waals surface area contributed by atoms with Crippen LogP contribution in [0.5, 0.6) is 0 Å². The lowest BCUT2D eigenvalue weighted by atomic mass is 10.4. The molecule has 17 heavy (non-hydrogen) atoms. The second kappa shape index (κ2) is 4.77. The third-order valence-corrected chi connectivity index (χ3v) is 4.86. The summed E-state index contributed by atoms with van der Waals surface area (Å²) in [7, 11) is -3.67. The van der Waals surface area contributed by atoms with E-state index in [9.17, 15) is 8.42 Å². The Morgan fingerprint density at radius 2 is 2.06 bits per heavy atom. The van der Waals surface area contributed by atoms with E-state index in [1.54, 1.807) is 0 Å². The first-order valence-corrected chi connectivity index (χ1v) is 7.29. The van der Waals surface area contributed by atoms with Gasteiger partial charge in [0, 0.05) is 6.20 Å². The van der Waals surface area contributed by atoms with Crippen LogP contribution in [0.25, 0.3) is 0 Å². The first-order valence-electron chi connectivity index (χ1n) is 4.23. The lowest BCUT2D eigenvalue weighted by molar-refractivity contribution is 0.603. The monoisotopic (exact) mass is 309 g/mol. The Hall–Kier alpha value is -0.890. The van der Waals surface area contributed by atoms with Crippen molar-refractivity contribution in [3.8, 4) is 0 Å². The molecule has 0 aliphatic carbocycles. The van der Waals surface area contributed by atoms with E-state index in [2.05, 4.69) is 14.7 Å². The van der Waals surface area contributed by atoms with Crippen LogP contribution in [0.2, 0.25) is 9.62 Å². The minimum Gasteiger partial charge on any atom is -0.279 e. The van der Waals surface area contributed by atoms with E-state index in [0.717, 1.165) is 11.3 Å². The minimum atomic E-state index is -3.67. The van der Waals surface area contributed by atoms with Gasteiger partial charge < -0.3 is 0 Å². The second-order valence-corrected chi connectivity index (χ2v) is 6.81. The fourth-order valence-electron chi connectivity index (χ4n) is 1.03. The van der Waals surface area contributed by atoms with Gasteiger partial charge in [0.25, 0.3) is 10.0 Å².